The smallest absolute Gasteiger partial charge is 0.164 e. The van der Waals surface area contributed by atoms with E-state index in [-0.39, 0.29) is 11.5 Å². The fraction of sp³-hybridized carbons (Fsp3) is 0.364. The molecule has 3 heteroatoms. The van der Waals surface area contributed by atoms with Gasteiger partial charge in [-0.2, -0.15) is 0 Å². The van der Waals surface area contributed by atoms with Crippen LogP contribution in [0.3, 0.4) is 0 Å². The third-order valence-corrected chi connectivity index (χ3v) is 2.18. The van der Waals surface area contributed by atoms with Gasteiger partial charge in [-0.05, 0) is 25.5 Å². The van der Waals surface area contributed by atoms with Gasteiger partial charge in [0.25, 0.3) is 0 Å². The Bertz CT molecular complexity index is 356. The van der Waals surface area contributed by atoms with E-state index in [1.165, 1.54) is 20.1 Å². The Morgan fingerprint density at radius 1 is 1.50 bits per heavy atom. The number of hydrogen-bond donors (Lipinski definition) is 1. The molecule has 0 atom stereocenters. The lowest BCUT2D eigenvalue weighted by atomic mass is 10.0. The molecular formula is C11H14O3. The van der Waals surface area contributed by atoms with Crippen LogP contribution in [0.4, 0.5) is 0 Å². The van der Waals surface area contributed by atoms with E-state index in [0.717, 1.165) is 5.56 Å². The normalized spacial score (nSPS) is 9.93. The van der Waals surface area contributed by atoms with E-state index < -0.39 is 0 Å². The van der Waals surface area contributed by atoms with Crippen LogP contribution in [0, 0.1) is 0 Å². The predicted octanol–water partition coefficient (Wildman–Crippen LogP) is 2.17. The summed E-state index contributed by atoms with van der Waals surface area (Å²) in [7, 11) is 1.48. The topological polar surface area (TPSA) is 46.5 Å². The number of carbonyl (C=O) groups is 1. The molecule has 1 N–H and O–H groups in total. The van der Waals surface area contributed by atoms with Crippen molar-refractivity contribution in [1.82, 2.24) is 0 Å². The second-order valence-corrected chi connectivity index (χ2v) is 3.05. The standard InChI is InChI=1S/C11H14O3/c1-4-8-9(7(2)12)5-6-10(13)11(8)14-3/h5-6,13H,4H2,1-3H3. The number of ketones is 1. The summed E-state index contributed by atoms with van der Waals surface area (Å²) < 4.78 is 5.06. The van der Waals surface area contributed by atoms with Crippen LogP contribution < -0.4 is 4.74 Å². The molecule has 76 valence electrons. The van der Waals surface area contributed by atoms with Crippen LogP contribution in [-0.4, -0.2) is 18.0 Å². The van der Waals surface area contributed by atoms with Gasteiger partial charge in [0.1, 0.15) is 0 Å². The van der Waals surface area contributed by atoms with Crippen LogP contribution in [0.2, 0.25) is 0 Å². The number of Topliss-reactive ketones (excluding diaryl/α,β-unsaturated/α-hetero) is 1. The highest BCUT2D eigenvalue weighted by Gasteiger charge is 2.14. The van der Waals surface area contributed by atoms with Crippen molar-refractivity contribution in [3.8, 4) is 11.5 Å². The Morgan fingerprint density at radius 3 is 2.57 bits per heavy atom. The lowest BCUT2D eigenvalue weighted by molar-refractivity contribution is 0.101. The summed E-state index contributed by atoms with van der Waals surface area (Å²) in [4.78, 5) is 11.3. The number of rotatable bonds is 3. The van der Waals surface area contributed by atoms with Crippen LogP contribution in [0.1, 0.15) is 29.8 Å². The zero-order chi connectivity index (χ0) is 10.7. The number of phenols is 1. The minimum Gasteiger partial charge on any atom is -0.504 e. The fourth-order valence-electron chi connectivity index (χ4n) is 1.52. The van der Waals surface area contributed by atoms with Gasteiger partial charge in [0, 0.05) is 11.1 Å². The molecular weight excluding hydrogens is 180 g/mol. The summed E-state index contributed by atoms with van der Waals surface area (Å²) in [5, 5.41) is 9.49. The van der Waals surface area contributed by atoms with Crippen molar-refractivity contribution in [2.24, 2.45) is 0 Å². The Balaban J connectivity index is 3.40. The molecule has 0 aromatic heterocycles. The third-order valence-electron chi connectivity index (χ3n) is 2.18. The second-order valence-electron chi connectivity index (χ2n) is 3.05. The highest BCUT2D eigenvalue weighted by atomic mass is 16.5. The van der Waals surface area contributed by atoms with Crippen LogP contribution in [-0.2, 0) is 6.42 Å². The molecule has 0 spiro atoms. The first-order valence-electron chi connectivity index (χ1n) is 4.51. The van der Waals surface area contributed by atoms with E-state index in [0.29, 0.717) is 17.7 Å². The molecule has 1 aromatic carbocycles. The van der Waals surface area contributed by atoms with E-state index in [4.69, 9.17) is 4.74 Å². The molecule has 0 saturated heterocycles. The molecule has 3 nitrogen and oxygen atoms in total. The van der Waals surface area contributed by atoms with E-state index in [9.17, 15) is 9.90 Å². The van der Waals surface area contributed by atoms with Crippen molar-refractivity contribution in [2.45, 2.75) is 20.3 Å². The summed E-state index contributed by atoms with van der Waals surface area (Å²) in [6.07, 6.45) is 0.659. The second kappa shape index (κ2) is 4.13. The highest BCUT2D eigenvalue weighted by Crippen LogP contribution is 2.32. The average molecular weight is 194 g/mol. The van der Waals surface area contributed by atoms with E-state index in [1.807, 2.05) is 6.92 Å². The summed E-state index contributed by atoms with van der Waals surface area (Å²) in [5.74, 6) is 0.467. The van der Waals surface area contributed by atoms with Gasteiger partial charge in [-0.3, -0.25) is 4.79 Å². The average Bonchev–Trinajstić information content (AvgIpc) is 2.16. The summed E-state index contributed by atoms with van der Waals surface area (Å²) in [6, 6.07) is 3.10. The lowest BCUT2D eigenvalue weighted by Gasteiger charge is -2.11. The predicted molar refractivity (Wildman–Crippen MR) is 54.0 cm³/mol. The number of aromatic hydroxyl groups is 1. The van der Waals surface area contributed by atoms with Gasteiger partial charge in [-0.25, -0.2) is 0 Å². The molecule has 1 rings (SSSR count). The molecule has 0 bridgehead atoms. The largest absolute Gasteiger partial charge is 0.504 e. The Labute approximate surface area is 83.3 Å². The van der Waals surface area contributed by atoms with Gasteiger partial charge in [0.2, 0.25) is 0 Å². The molecule has 0 heterocycles. The maximum atomic E-state index is 11.3. The number of carbonyl (C=O) groups excluding carboxylic acids is 1. The maximum absolute atomic E-state index is 11.3. The summed E-state index contributed by atoms with van der Waals surface area (Å²) >= 11 is 0. The first-order chi connectivity index (χ1) is 6.61. The summed E-state index contributed by atoms with van der Waals surface area (Å²) in [5.41, 5.74) is 1.38. The number of phenolic OH excluding ortho intramolecular Hbond substituents is 1. The monoisotopic (exact) mass is 194 g/mol. The number of ether oxygens (including phenoxy) is 1. The molecule has 1 aromatic rings. The first-order valence-corrected chi connectivity index (χ1v) is 4.51. The van der Waals surface area contributed by atoms with E-state index >= 15 is 0 Å². The van der Waals surface area contributed by atoms with Crippen LogP contribution >= 0.6 is 0 Å². The molecule has 14 heavy (non-hydrogen) atoms. The number of hydrogen-bond acceptors (Lipinski definition) is 3. The number of methoxy groups -OCH3 is 1. The SMILES string of the molecule is CCc1c(C(C)=O)ccc(O)c1OC. The van der Waals surface area contributed by atoms with Crippen molar-refractivity contribution in [2.75, 3.05) is 7.11 Å². The first kappa shape index (κ1) is 10.6. The summed E-state index contributed by atoms with van der Waals surface area (Å²) in [6.45, 7) is 3.43. The molecule has 0 aliphatic heterocycles. The quantitative estimate of drug-likeness (QED) is 0.750. The molecule has 0 amide bonds. The minimum atomic E-state index is -0.0137. The number of benzene rings is 1. The van der Waals surface area contributed by atoms with E-state index in [1.54, 1.807) is 6.07 Å². The molecule has 0 unspecified atom stereocenters. The Kier molecular flexibility index (Phi) is 3.12. The molecule has 0 aliphatic rings. The molecule has 0 saturated carbocycles. The van der Waals surface area contributed by atoms with Crippen molar-refractivity contribution >= 4 is 5.78 Å². The van der Waals surface area contributed by atoms with Gasteiger partial charge >= 0.3 is 0 Å². The highest BCUT2D eigenvalue weighted by molar-refractivity contribution is 5.96. The Morgan fingerprint density at radius 2 is 2.14 bits per heavy atom. The third kappa shape index (κ3) is 1.71. The molecule has 0 radical (unpaired) electrons. The van der Waals surface area contributed by atoms with Gasteiger partial charge in [0.15, 0.2) is 17.3 Å². The fourth-order valence-corrected chi connectivity index (χ4v) is 1.52. The van der Waals surface area contributed by atoms with Crippen molar-refractivity contribution in [1.29, 1.82) is 0 Å². The van der Waals surface area contributed by atoms with Crippen molar-refractivity contribution in [3.05, 3.63) is 23.3 Å². The lowest BCUT2D eigenvalue weighted by Crippen LogP contribution is -2.01. The Hall–Kier alpha value is -1.51. The zero-order valence-corrected chi connectivity index (χ0v) is 8.63. The molecule has 0 aliphatic carbocycles. The molecule has 0 fully saturated rings. The maximum Gasteiger partial charge on any atom is 0.164 e. The van der Waals surface area contributed by atoms with Gasteiger partial charge < -0.3 is 9.84 Å². The zero-order valence-electron chi connectivity index (χ0n) is 8.63. The van der Waals surface area contributed by atoms with Crippen LogP contribution in [0.15, 0.2) is 12.1 Å². The van der Waals surface area contributed by atoms with E-state index in [2.05, 4.69) is 0 Å². The van der Waals surface area contributed by atoms with Crippen molar-refractivity contribution < 1.29 is 14.6 Å². The van der Waals surface area contributed by atoms with Crippen LogP contribution in [0.25, 0.3) is 0 Å². The minimum absolute atomic E-state index is 0.0137. The van der Waals surface area contributed by atoms with Gasteiger partial charge in [0.05, 0.1) is 7.11 Å². The van der Waals surface area contributed by atoms with Gasteiger partial charge in [-0.15, -0.1) is 0 Å². The van der Waals surface area contributed by atoms with Gasteiger partial charge in [-0.1, -0.05) is 6.92 Å². The van der Waals surface area contributed by atoms with Crippen molar-refractivity contribution in [3.63, 3.8) is 0 Å². The van der Waals surface area contributed by atoms with Crippen LogP contribution in [0.5, 0.6) is 11.5 Å².